The summed E-state index contributed by atoms with van der Waals surface area (Å²) < 4.78 is 6.08. The Balaban J connectivity index is 1.99. The van der Waals surface area contributed by atoms with Crippen LogP contribution in [0.5, 0.6) is 5.75 Å². The molecule has 1 atom stereocenters. The lowest BCUT2D eigenvalue weighted by atomic mass is 10.1. The van der Waals surface area contributed by atoms with Crippen molar-refractivity contribution < 1.29 is 24.2 Å². The van der Waals surface area contributed by atoms with Gasteiger partial charge in [-0.15, -0.1) is 0 Å². The van der Waals surface area contributed by atoms with Crippen molar-refractivity contribution in [3.8, 4) is 5.75 Å². The first kappa shape index (κ1) is 21.1. The van der Waals surface area contributed by atoms with Gasteiger partial charge in [0.1, 0.15) is 11.9 Å². The van der Waals surface area contributed by atoms with Crippen LogP contribution < -0.4 is 10.1 Å². The standard InChI is InChI=1S/C21H24N4O5/c1-13(2)25-12-15(11-24(3)21(28)29)30-18-16(5-4-6-17(18)20(25)27)19(26)23-14-7-9-22-10-8-14/h4-10,13,15H,11-12H2,1-3H3,(H,28,29)(H,22,23,26). The Bertz CT molecular complexity index is 948. The highest BCUT2D eigenvalue weighted by Crippen LogP contribution is 2.31. The van der Waals surface area contributed by atoms with Crippen molar-refractivity contribution in [2.45, 2.75) is 26.0 Å². The highest BCUT2D eigenvalue weighted by Gasteiger charge is 2.34. The molecule has 30 heavy (non-hydrogen) atoms. The summed E-state index contributed by atoms with van der Waals surface area (Å²) in [4.78, 5) is 44.0. The van der Waals surface area contributed by atoms with Crippen LogP contribution >= 0.6 is 0 Å². The number of hydrogen-bond donors (Lipinski definition) is 2. The van der Waals surface area contributed by atoms with Gasteiger partial charge in [0, 0.05) is 31.2 Å². The number of benzene rings is 1. The number of nitrogens with one attached hydrogen (secondary N) is 1. The Hall–Kier alpha value is -3.62. The van der Waals surface area contributed by atoms with Crippen LogP contribution in [0.3, 0.4) is 0 Å². The van der Waals surface area contributed by atoms with Crippen LogP contribution in [0.2, 0.25) is 0 Å². The monoisotopic (exact) mass is 412 g/mol. The molecule has 0 aliphatic carbocycles. The van der Waals surface area contributed by atoms with Crippen LogP contribution in [0, 0.1) is 0 Å². The number of rotatable bonds is 5. The van der Waals surface area contributed by atoms with E-state index >= 15 is 0 Å². The SMILES string of the molecule is CC(C)N1CC(CN(C)C(=O)O)Oc2c(C(=O)Nc3ccncc3)cccc2C1=O. The molecule has 1 aromatic carbocycles. The van der Waals surface area contributed by atoms with Gasteiger partial charge in [-0.25, -0.2) is 4.79 Å². The number of para-hydroxylation sites is 1. The van der Waals surface area contributed by atoms with E-state index in [-0.39, 0.29) is 41.9 Å². The highest BCUT2D eigenvalue weighted by atomic mass is 16.5. The number of hydrogen-bond acceptors (Lipinski definition) is 5. The van der Waals surface area contributed by atoms with Crippen molar-refractivity contribution in [3.63, 3.8) is 0 Å². The van der Waals surface area contributed by atoms with E-state index in [9.17, 15) is 19.5 Å². The minimum Gasteiger partial charge on any atom is -0.485 e. The fraction of sp³-hybridized carbons (Fsp3) is 0.333. The highest BCUT2D eigenvalue weighted by molar-refractivity contribution is 6.09. The topological polar surface area (TPSA) is 112 Å². The Morgan fingerprint density at radius 1 is 1.30 bits per heavy atom. The largest absolute Gasteiger partial charge is 0.485 e. The normalized spacial score (nSPS) is 15.8. The molecule has 1 aliphatic heterocycles. The number of ether oxygens (including phenoxy) is 1. The summed E-state index contributed by atoms with van der Waals surface area (Å²) in [5, 5.41) is 12.0. The summed E-state index contributed by atoms with van der Waals surface area (Å²) in [5.74, 6) is -0.547. The van der Waals surface area contributed by atoms with Crippen molar-refractivity contribution in [2.24, 2.45) is 0 Å². The van der Waals surface area contributed by atoms with Gasteiger partial charge in [-0.3, -0.25) is 14.6 Å². The molecule has 3 amide bonds. The van der Waals surface area contributed by atoms with Gasteiger partial charge in [0.15, 0.2) is 0 Å². The van der Waals surface area contributed by atoms with E-state index in [0.717, 1.165) is 4.90 Å². The number of pyridine rings is 1. The fourth-order valence-electron chi connectivity index (χ4n) is 3.23. The number of nitrogens with zero attached hydrogens (tertiary/aromatic N) is 3. The zero-order valence-electron chi connectivity index (χ0n) is 17.0. The lowest BCUT2D eigenvalue weighted by Crippen LogP contribution is -2.46. The van der Waals surface area contributed by atoms with Gasteiger partial charge in [0.25, 0.3) is 11.8 Å². The van der Waals surface area contributed by atoms with E-state index in [0.29, 0.717) is 5.69 Å². The predicted octanol–water partition coefficient (Wildman–Crippen LogP) is 2.56. The number of carbonyl (C=O) groups is 3. The van der Waals surface area contributed by atoms with Crippen molar-refractivity contribution in [3.05, 3.63) is 53.9 Å². The number of likely N-dealkylation sites (N-methyl/N-ethyl adjacent to an activating group) is 1. The fourth-order valence-corrected chi connectivity index (χ4v) is 3.23. The molecule has 158 valence electrons. The van der Waals surface area contributed by atoms with Gasteiger partial charge in [-0.05, 0) is 38.1 Å². The number of carbonyl (C=O) groups excluding carboxylic acids is 2. The molecule has 2 heterocycles. The molecule has 1 unspecified atom stereocenters. The molecule has 0 saturated heterocycles. The van der Waals surface area contributed by atoms with Gasteiger partial charge in [0.2, 0.25) is 0 Å². The molecule has 3 rings (SSSR count). The summed E-state index contributed by atoms with van der Waals surface area (Å²) in [5.41, 5.74) is 1.02. The molecule has 1 aliphatic rings. The van der Waals surface area contributed by atoms with Crippen LogP contribution in [0.4, 0.5) is 10.5 Å². The average Bonchev–Trinajstić information content (AvgIpc) is 2.85. The van der Waals surface area contributed by atoms with Crippen LogP contribution in [-0.2, 0) is 0 Å². The summed E-state index contributed by atoms with van der Waals surface area (Å²) in [6.45, 7) is 4.00. The van der Waals surface area contributed by atoms with Gasteiger partial charge in [-0.2, -0.15) is 0 Å². The quantitative estimate of drug-likeness (QED) is 0.781. The van der Waals surface area contributed by atoms with Crippen LogP contribution in [0.15, 0.2) is 42.7 Å². The van der Waals surface area contributed by atoms with Crippen LogP contribution in [0.1, 0.15) is 34.6 Å². The lowest BCUT2D eigenvalue weighted by molar-refractivity contribution is 0.0606. The molecule has 2 N–H and O–H groups in total. The predicted molar refractivity (Wildman–Crippen MR) is 110 cm³/mol. The third-order valence-electron chi connectivity index (χ3n) is 4.80. The van der Waals surface area contributed by atoms with E-state index in [1.165, 1.54) is 7.05 Å². The summed E-state index contributed by atoms with van der Waals surface area (Å²) in [7, 11) is 1.43. The van der Waals surface area contributed by atoms with Gasteiger partial charge < -0.3 is 25.0 Å². The summed E-state index contributed by atoms with van der Waals surface area (Å²) in [6.07, 6.45) is 1.38. The molecule has 0 radical (unpaired) electrons. The average molecular weight is 412 g/mol. The van der Waals surface area contributed by atoms with E-state index < -0.39 is 18.1 Å². The van der Waals surface area contributed by atoms with Crippen molar-refractivity contribution in [1.29, 1.82) is 0 Å². The number of fused-ring (bicyclic) bond motifs is 1. The summed E-state index contributed by atoms with van der Waals surface area (Å²) >= 11 is 0. The zero-order valence-corrected chi connectivity index (χ0v) is 17.0. The number of amides is 3. The lowest BCUT2D eigenvalue weighted by Gasteiger charge is -2.29. The molecular weight excluding hydrogens is 388 g/mol. The molecular formula is C21H24N4O5. The van der Waals surface area contributed by atoms with E-state index in [4.69, 9.17) is 4.74 Å². The van der Waals surface area contributed by atoms with E-state index in [1.807, 2.05) is 13.8 Å². The molecule has 0 bridgehead atoms. The second kappa shape index (κ2) is 8.81. The van der Waals surface area contributed by atoms with Gasteiger partial charge in [0.05, 0.1) is 24.2 Å². The molecule has 0 fully saturated rings. The smallest absolute Gasteiger partial charge is 0.407 e. The van der Waals surface area contributed by atoms with Crippen molar-refractivity contribution in [2.75, 3.05) is 25.5 Å². The van der Waals surface area contributed by atoms with Gasteiger partial charge in [-0.1, -0.05) is 6.07 Å². The van der Waals surface area contributed by atoms with Gasteiger partial charge >= 0.3 is 6.09 Å². The Morgan fingerprint density at radius 2 is 2.00 bits per heavy atom. The Morgan fingerprint density at radius 3 is 2.63 bits per heavy atom. The van der Waals surface area contributed by atoms with E-state index in [2.05, 4.69) is 10.3 Å². The molecule has 1 aromatic heterocycles. The maximum atomic E-state index is 13.2. The summed E-state index contributed by atoms with van der Waals surface area (Å²) in [6, 6.07) is 7.99. The molecule has 0 saturated carbocycles. The first-order chi connectivity index (χ1) is 14.3. The molecule has 9 heteroatoms. The maximum Gasteiger partial charge on any atom is 0.407 e. The maximum absolute atomic E-state index is 13.2. The first-order valence-corrected chi connectivity index (χ1v) is 9.54. The van der Waals surface area contributed by atoms with Crippen LogP contribution in [0.25, 0.3) is 0 Å². The minimum atomic E-state index is -1.10. The molecule has 0 spiro atoms. The van der Waals surface area contributed by atoms with Crippen LogP contribution in [-0.4, -0.2) is 70.1 Å². The third-order valence-corrected chi connectivity index (χ3v) is 4.80. The number of anilines is 1. The third kappa shape index (κ3) is 4.51. The second-order valence-corrected chi connectivity index (χ2v) is 7.33. The second-order valence-electron chi connectivity index (χ2n) is 7.33. The number of carboxylic acid groups (broad SMARTS) is 1. The van der Waals surface area contributed by atoms with Crippen molar-refractivity contribution in [1.82, 2.24) is 14.8 Å². The van der Waals surface area contributed by atoms with Crippen molar-refractivity contribution >= 4 is 23.6 Å². The first-order valence-electron chi connectivity index (χ1n) is 9.54. The minimum absolute atomic E-state index is 0.0472. The zero-order chi connectivity index (χ0) is 21.8. The molecule has 2 aromatic rings. The Kier molecular flexibility index (Phi) is 6.20. The Labute approximate surface area is 174 Å². The number of aromatic nitrogens is 1. The van der Waals surface area contributed by atoms with E-state index in [1.54, 1.807) is 47.6 Å². The molecule has 9 nitrogen and oxygen atoms in total.